The molecule has 1 unspecified atom stereocenters. The summed E-state index contributed by atoms with van der Waals surface area (Å²) in [5, 5.41) is 20.5. The molecule has 8 heteroatoms. The Balaban J connectivity index is 2.32. The third-order valence-corrected chi connectivity index (χ3v) is 2.77. The Kier molecular flexibility index (Phi) is 3.94. The largest absolute Gasteiger partial charge is 0.383 e. The lowest BCUT2D eigenvalue weighted by atomic mass is 10.2. The highest BCUT2D eigenvalue weighted by Crippen LogP contribution is 2.22. The van der Waals surface area contributed by atoms with Crippen molar-refractivity contribution in [3.05, 3.63) is 34.0 Å². The highest BCUT2D eigenvalue weighted by molar-refractivity contribution is 6.05. The van der Waals surface area contributed by atoms with Crippen molar-refractivity contribution >= 4 is 22.5 Å². The minimum absolute atomic E-state index is 0.0853. The molecule has 0 bridgehead atoms. The smallest absolute Gasteiger partial charge is 0.272 e. The number of non-ortho nitro benzene ring substituents is 1. The Morgan fingerprint density at radius 2 is 2.35 bits per heavy atom. The van der Waals surface area contributed by atoms with Gasteiger partial charge in [0.1, 0.15) is 0 Å². The van der Waals surface area contributed by atoms with Crippen molar-refractivity contribution < 1.29 is 14.5 Å². The fraction of sp³-hybridized carbons (Fsp3) is 0.333. The fourth-order valence-electron chi connectivity index (χ4n) is 1.87. The highest BCUT2D eigenvalue weighted by atomic mass is 16.6. The van der Waals surface area contributed by atoms with Crippen molar-refractivity contribution in [2.24, 2.45) is 0 Å². The first kappa shape index (κ1) is 13.9. The second kappa shape index (κ2) is 5.66. The number of hydrogen-bond donors (Lipinski definition) is 2. The van der Waals surface area contributed by atoms with Gasteiger partial charge in [-0.25, -0.2) is 0 Å². The molecule has 2 N–H and O–H groups in total. The second-order valence-corrected chi connectivity index (χ2v) is 4.39. The second-order valence-electron chi connectivity index (χ2n) is 4.39. The van der Waals surface area contributed by atoms with Gasteiger partial charge in [-0.05, 0) is 13.0 Å². The van der Waals surface area contributed by atoms with Crippen LogP contribution in [0.4, 0.5) is 5.69 Å². The summed E-state index contributed by atoms with van der Waals surface area (Å²) in [5.41, 5.74) is 0.615. The number of nitro benzene ring substituents is 1. The Morgan fingerprint density at radius 3 is 3.00 bits per heavy atom. The first-order valence-electron chi connectivity index (χ1n) is 5.95. The maximum Gasteiger partial charge on any atom is 0.272 e. The fourth-order valence-corrected chi connectivity index (χ4v) is 1.87. The number of H-pyrrole nitrogens is 1. The Hall–Kier alpha value is -2.48. The normalized spacial score (nSPS) is 12.3. The molecule has 0 fully saturated rings. The number of carbonyl (C=O) groups excluding carboxylic acids is 1. The number of nitrogens with one attached hydrogen (secondary N) is 2. The molecule has 2 rings (SSSR count). The predicted molar refractivity (Wildman–Crippen MR) is 71.6 cm³/mol. The summed E-state index contributed by atoms with van der Waals surface area (Å²) in [6.45, 7) is 2.16. The van der Waals surface area contributed by atoms with Crippen LogP contribution in [0.25, 0.3) is 10.9 Å². The van der Waals surface area contributed by atoms with E-state index in [9.17, 15) is 14.9 Å². The van der Waals surface area contributed by atoms with Crippen LogP contribution in [0.15, 0.2) is 18.2 Å². The van der Waals surface area contributed by atoms with Gasteiger partial charge in [0.05, 0.1) is 17.0 Å². The van der Waals surface area contributed by atoms with Gasteiger partial charge >= 0.3 is 0 Å². The lowest BCUT2D eigenvalue weighted by Gasteiger charge is -2.11. The van der Waals surface area contributed by atoms with E-state index in [2.05, 4.69) is 15.5 Å². The summed E-state index contributed by atoms with van der Waals surface area (Å²) in [4.78, 5) is 22.3. The number of hydrogen-bond acceptors (Lipinski definition) is 5. The van der Waals surface area contributed by atoms with Crippen LogP contribution in [-0.2, 0) is 4.74 Å². The third-order valence-electron chi connectivity index (χ3n) is 2.77. The Morgan fingerprint density at radius 1 is 1.60 bits per heavy atom. The minimum Gasteiger partial charge on any atom is -0.383 e. The molecule has 0 saturated heterocycles. The van der Waals surface area contributed by atoms with Crippen molar-refractivity contribution in [1.82, 2.24) is 15.5 Å². The van der Waals surface area contributed by atoms with E-state index >= 15 is 0 Å². The molecule has 0 spiro atoms. The van der Waals surface area contributed by atoms with Gasteiger partial charge in [0.2, 0.25) is 0 Å². The van der Waals surface area contributed by atoms with Crippen LogP contribution in [0.2, 0.25) is 0 Å². The SMILES string of the molecule is COCC(C)NC(=O)c1n[nH]c2ccc([N+](=O)[O-])cc12. The van der Waals surface area contributed by atoms with Crippen LogP contribution in [0.3, 0.4) is 0 Å². The van der Waals surface area contributed by atoms with E-state index < -0.39 is 10.8 Å². The van der Waals surface area contributed by atoms with E-state index in [0.717, 1.165) is 0 Å². The van der Waals surface area contributed by atoms with E-state index in [1.165, 1.54) is 25.3 Å². The Labute approximate surface area is 114 Å². The number of carbonyl (C=O) groups is 1. The summed E-state index contributed by atoms with van der Waals surface area (Å²) in [5.74, 6) is -0.402. The summed E-state index contributed by atoms with van der Waals surface area (Å²) in [6.07, 6.45) is 0. The number of rotatable bonds is 5. The molecule has 1 aromatic heterocycles. The zero-order valence-electron chi connectivity index (χ0n) is 11.0. The van der Waals surface area contributed by atoms with Gasteiger partial charge in [0.15, 0.2) is 5.69 Å². The molecule has 20 heavy (non-hydrogen) atoms. The van der Waals surface area contributed by atoms with Gasteiger partial charge < -0.3 is 10.1 Å². The number of benzene rings is 1. The third kappa shape index (κ3) is 2.75. The number of fused-ring (bicyclic) bond motifs is 1. The van der Waals surface area contributed by atoms with E-state index in [1.807, 2.05) is 0 Å². The molecular formula is C12H14N4O4. The zero-order chi connectivity index (χ0) is 14.7. The highest BCUT2D eigenvalue weighted by Gasteiger charge is 2.18. The van der Waals surface area contributed by atoms with Crippen LogP contribution in [-0.4, -0.2) is 40.8 Å². The first-order valence-corrected chi connectivity index (χ1v) is 5.95. The number of ether oxygens (including phenoxy) is 1. The van der Waals surface area contributed by atoms with Crippen molar-refractivity contribution in [1.29, 1.82) is 0 Å². The number of amides is 1. The van der Waals surface area contributed by atoms with E-state index in [1.54, 1.807) is 6.92 Å². The molecule has 0 aliphatic carbocycles. The predicted octanol–water partition coefficient (Wildman–Crippen LogP) is 1.24. The van der Waals surface area contributed by atoms with Gasteiger partial charge in [-0.1, -0.05) is 0 Å². The number of aromatic amines is 1. The summed E-state index contributed by atoms with van der Waals surface area (Å²) in [7, 11) is 1.54. The first-order chi connectivity index (χ1) is 9.52. The van der Waals surface area contributed by atoms with Crippen LogP contribution < -0.4 is 5.32 Å². The molecule has 0 radical (unpaired) electrons. The average Bonchev–Trinajstić information content (AvgIpc) is 2.81. The standard InChI is InChI=1S/C12H14N4O4/c1-7(6-20-2)13-12(17)11-9-5-8(16(18)19)3-4-10(9)14-15-11/h3-5,7H,6H2,1-2H3,(H,13,17)(H,14,15). The number of aromatic nitrogens is 2. The van der Waals surface area contributed by atoms with Crippen LogP contribution in [0, 0.1) is 10.1 Å². The van der Waals surface area contributed by atoms with Crippen LogP contribution >= 0.6 is 0 Å². The molecule has 1 atom stereocenters. The van der Waals surface area contributed by atoms with Crippen molar-refractivity contribution in [2.45, 2.75) is 13.0 Å². The van der Waals surface area contributed by atoms with Crippen molar-refractivity contribution in [3.63, 3.8) is 0 Å². The van der Waals surface area contributed by atoms with Crippen LogP contribution in [0.1, 0.15) is 17.4 Å². The summed E-state index contributed by atoms with van der Waals surface area (Å²) >= 11 is 0. The topological polar surface area (TPSA) is 110 Å². The van der Waals surface area contributed by atoms with Gasteiger partial charge in [0.25, 0.3) is 11.6 Å². The maximum absolute atomic E-state index is 12.1. The monoisotopic (exact) mass is 278 g/mol. The number of nitro groups is 1. The quantitative estimate of drug-likeness (QED) is 0.631. The molecule has 106 valence electrons. The summed E-state index contributed by atoms with van der Waals surface area (Å²) in [6, 6.07) is 4.03. The molecule has 2 aromatic rings. The zero-order valence-corrected chi connectivity index (χ0v) is 11.0. The molecule has 8 nitrogen and oxygen atoms in total. The lowest BCUT2D eigenvalue weighted by molar-refractivity contribution is -0.384. The summed E-state index contributed by atoms with van der Waals surface area (Å²) < 4.78 is 4.93. The van der Waals surface area contributed by atoms with E-state index in [-0.39, 0.29) is 17.4 Å². The van der Waals surface area contributed by atoms with Crippen molar-refractivity contribution in [3.8, 4) is 0 Å². The lowest BCUT2D eigenvalue weighted by Crippen LogP contribution is -2.35. The molecule has 0 aliphatic rings. The van der Waals surface area contributed by atoms with Gasteiger partial charge in [0, 0.05) is 30.7 Å². The molecule has 1 heterocycles. The maximum atomic E-state index is 12.1. The van der Waals surface area contributed by atoms with Gasteiger partial charge in [-0.2, -0.15) is 5.10 Å². The van der Waals surface area contributed by atoms with Crippen LogP contribution in [0.5, 0.6) is 0 Å². The van der Waals surface area contributed by atoms with Gasteiger partial charge in [-0.3, -0.25) is 20.0 Å². The van der Waals surface area contributed by atoms with E-state index in [0.29, 0.717) is 17.5 Å². The number of methoxy groups -OCH3 is 1. The molecule has 1 amide bonds. The van der Waals surface area contributed by atoms with Gasteiger partial charge in [-0.15, -0.1) is 0 Å². The molecular weight excluding hydrogens is 264 g/mol. The van der Waals surface area contributed by atoms with E-state index in [4.69, 9.17) is 4.74 Å². The van der Waals surface area contributed by atoms with Crippen molar-refractivity contribution in [2.75, 3.05) is 13.7 Å². The molecule has 0 saturated carbocycles. The molecule has 0 aliphatic heterocycles. The Bertz CT molecular complexity index is 652. The number of nitrogens with zero attached hydrogens (tertiary/aromatic N) is 2. The molecule has 1 aromatic carbocycles. The minimum atomic E-state index is -0.512. The average molecular weight is 278 g/mol.